The summed E-state index contributed by atoms with van der Waals surface area (Å²) < 4.78 is 25.5. The van der Waals surface area contributed by atoms with E-state index in [-0.39, 0.29) is 25.6 Å². The van der Waals surface area contributed by atoms with Crippen LogP contribution in [0.1, 0.15) is 16.7 Å². The number of hydrogen-bond donors (Lipinski definition) is 0. The minimum atomic E-state index is -0.467. The highest BCUT2D eigenvalue weighted by Crippen LogP contribution is 2.38. The lowest BCUT2D eigenvalue weighted by Gasteiger charge is -2.19. The summed E-state index contributed by atoms with van der Waals surface area (Å²) in [7, 11) is 4.82. The highest BCUT2D eigenvalue weighted by molar-refractivity contribution is 6.17. The van der Waals surface area contributed by atoms with Crippen LogP contribution >= 0.6 is 11.6 Å². The first-order chi connectivity index (χ1) is 18.4. The molecular weight excluding hydrogens is 508 g/mol. The van der Waals surface area contributed by atoms with Crippen LogP contribution in [-0.2, 0) is 26.8 Å². The van der Waals surface area contributed by atoms with Gasteiger partial charge in [-0.2, -0.15) is 0 Å². The van der Waals surface area contributed by atoms with Gasteiger partial charge in [0.1, 0.15) is 24.7 Å². The van der Waals surface area contributed by atoms with E-state index in [4.69, 9.17) is 30.5 Å². The molecule has 4 aromatic rings. The van der Waals surface area contributed by atoms with Crippen molar-refractivity contribution in [3.63, 3.8) is 0 Å². The lowest BCUT2D eigenvalue weighted by molar-refractivity contribution is 0.256. The number of aromatic nitrogens is 2. The Kier molecular flexibility index (Phi) is 8.43. The minimum absolute atomic E-state index is 0.0807. The van der Waals surface area contributed by atoms with Crippen molar-refractivity contribution in [3.05, 3.63) is 98.7 Å². The van der Waals surface area contributed by atoms with Crippen molar-refractivity contribution in [3.8, 4) is 23.0 Å². The van der Waals surface area contributed by atoms with Crippen LogP contribution in [-0.4, -0.2) is 29.2 Å². The lowest BCUT2D eigenvalue weighted by Crippen LogP contribution is -2.39. The molecule has 38 heavy (non-hydrogen) atoms. The van der Waals surface area contributed by atoms with Crippen LogP contribution in [0.3, 0.4) is 0 Å². The molecule has 0 amide bonds. The van der Waals surface area contributed by atoms with Crippen LogP contribution in [0.25, 0.3) is 17.0 Å². The Morgan fingerprint density at radius 3 is 1.95 bits per heavy atom. The van der Waals surface area contributed by atoms with Crippen LogP contribution in [0, 0.1) is 0 Å². The highest BCUT2D eigenvalue weighted by atomic mass is 35.5. The monoisotopic (exact) mass is 536 g/mol. The zero-order chi connectivity index (χ0) is 27.2. The molecule has 198 valence electrons. The SMILES string of the molecule is C=Cc1c(OCc2ccc(OC)cc2)c(OCc2ccc(OC)cc2)cc2c1c(=O)n(CCCl)c(=O)n2C. The zero-order valence-electron chi connectivity index (χ0n) is 21.5. The molecular formula is C29H29ClN2O6. The molecule has 3 aromatic carbocycles. The first kappa shape index (κ1) is 26.9. The molecule has 0 aliphatic heterocycles. The van der Waals surface area contributed by atoms with Gasteiger partial charge >= 0.3 is 5.69 Å². The van der Waals surface area contributed by atoms with Gasteiger partial charge < -0.3 is 18.9 Å². The first-order valence-corrected chi connectivity index (χ1v) is 12.5. The summed E-state index contributed by atoms with van der Waals surface area (Å²) in [5.74, 6) is 2.32. The van der Waals surface area contributed by atoms with Gasteiger partial charge in [-0.15, -0.1) is 11.6 Å². The molecule has 0 aliphatic rings. The molecule has 0 N–H and O–H groups in total. The van der Waals surface area contributed by atoms with Crippen molar-refractivity contribution in [2.24, 2.45) is 7.05 Å². The number of hydrogen-bond acceptors (Lipinski definition) is 6. The second-order valence-corrected chi connectivity index (χ2v) is 8.85. The van der Waals surface area contributed by atoms with Gasteiger partial charge in [-0.25, -0.2) is 4.79 Å². The van der Waals surface area contributed by atoms with Gasteiger partial charge in [0.25, 0.3) is 5.56 Å². The second-order valence-electron chi connectivity index (χ2n) is 8.48. The van der Waals surface area contributed by atoms with Gasteiger partial charge in [0.2, 0.25) is 0 Å². The maximum Gasteiger partial charge on any atom is 0.331 e. The third-order valence-electron chi connectivity index (χ3n) is 6.21. The number of benzene rings is 3. The van der Waals surface area contributed by atoms with Crippen LogP contribution in [0.15, 0.2) is 70.8 Å². The van der Waals surface area contributed by atoms with Crippen LogP contribution in [0.2, 0.25) is 0 Å². The number of nitrogens with zero attached hydrogens (tertiary/aromatic N) is 2. The normalized spacial score (nSPS) is 10.8. The van der Waals surface area contributed by atoms with E-state index in [1.165, 1.54) is 4.57 Å². The molecule has 0 fully saturated rings. The van der Waals surface area contributed by atoms with Gasteiger partial charge in [0.15, 0.2) is 11.5 Å². The number of fused-ring (bicyclic) bond motifs is 1. The fraction of sp³-hybridized carbons (Fsp3) is 0.241. The topological polar surface area (TPSA) is 80.9 Å². The smallest absolute Gasteiger partial charge is 0.331 e. The summed E-state index contributed by atoms with van der Waals surface area (Å²) in [6, 6.07) is 16.6. The van der Waals surface area contributed by atoms with Gasteiger partial charge in [0, 0.05) is 31.1 Å². The number of ether oxygens (including phenoxy) is 4. The molecule has 0 atom stereocenters. The number of halogens is 1. The maximum atomic E-state index is 13.4. The van der Waals surface area contributed by atoms with Gasteiger partial charge in [-0.05, 0) is 35.4 Å². The Hall–Kier alpha value is -4.17. The average molecular weight is 537 g/mol. The lowest BCUT2D eigenvalue weighted by atomic mass is 10.1. The molecule has 0 aliphatic carbocycles. The zero-order valence-corrected chi connectivity index (χ0v) is 22.3. The van der Waals surface area contributed by atoms with Crippen molar-refractivity contribution >= 4 is 28.6 Å². The molecule has 8 nitrogen and oxygen atoms in total. The summed E-state index contributed by atoms with van der Waals surface area (Å²) in [5, 5.41) is 0.300. The van der Waals surface area contributed by atoms with E-state index in [1.54, 1.807) is 33.4 Å². The summed E-state index contributed by atoms with van der Waals surface area (Å²) in [6.45, 7) is 4.45. The predicted molar refractivity (Wildman–Crippen MR) is 149 cm³/mol. The Bertz CT molecular complexity index is 1560. The Labute approximate surface area is 225 Å². The average Bonchev–Trinajstić information content (AvgIpc) is 2.96. The van der Waals surface area contributed by atoms with Crippen LogP contribution in [0.4, 0.5) is 0 Å². The van der Waals surface area contributed by atoms with E-state index in [0.29, 0.717) is 28.0 Å². The molecule has 0 radical (unpaired) electrons. The Morgan fingerprint density at radius 1 is 0.895 bits per heavy atom. The van der Waals surface area contributed by atoms with Crippen molar-refractivity contribution in [2.45, 2.75) is 19.8 Å². The van der Waals surface area contributed by atoms with E-state index < -0.39 is 11.2 Å². The van der Waals surface area contributed by atoms with Crippen molar-refractivity contribution < 1.29 is 18.9 Å². The molecule has 1 heterocycles. The molecule has 0 saturated heterocycles. The quantitative estimate of drug-likeness (QED) is 0.257. The summed E-state index contributed by atoms with van der Waals surface area (Å²) in [5.41, 5.74) is 1.70. The van der Waals surface area contributed by atoms with Gasteiger partial charge in [-0.1, -0.05) is 36.9 Å². The van der Waals surface area contributed by atoms with Crippen molar-refractivity contribution in [2.75, 3.05) is 20.1 Å². The second kappa shape index (κ2) is 11.9. The number of methoxy groups -OCH3 is 2. The molecule has 1 aromatic heterocycles. The fourth-order valence-electron chi connectivity index (χ4n) is 4.13. The molecule has 4 rings (SSSR count). The maximum absolute atomic E-state index is 13.4. The molecule has 9 heteroatoms. The molecule has 0 bridgehead atoms. The van der Waals surface area contributed by atoms with Crippen molar-refractivity contribution in [1.82, 2.24) is 9.13 Å². The summed E-state index contributed by atoms with van der Waals surface area (Å²) in [6.07, 6.45) is 1.54. The molecule has 0 saturated carbocycles. The number of alkyl halides is 1. The number of aryl methyl sites for hydroxylation is 1. The van der Waals surface area contributed by atoms with Crippen molar-refractivity contribution in [1.29, 1.82) is 0 Å². The Morgan fingerprint density at radius 2 is 1.45 bits per heavy atom. The van der Waals surface area contributed by atoms with E-state index in [1.807, 2.05) is 48.5 Å². The Balaban J connectivity index is 1.83. The molecule has 0 spiro atoms. The minimum Gasteiger partial charge on any atom is -0.497 e. The largest absolute Gasteiger partial charge is 0.497 e. The first-order valence-electron chi connectivity index (χ1n) is 11.9. The molecule has 0 unspecified atom stereocenters. The van der Waals surface area contributed by atoms with E-state index in [9.17, 15) is 9.59 Å². The number of rotatable bonds is 11. The standard InChI is InChI=1S/C29H29ClN2O6/c1-5-23-26-24(31(2)29(34)32(15-14-30)28(26)33)16-25(37-17-19-6-10-21(35-3)11-7-19)27(23)38-18-20-8-12-22(36-4)13-9-20/h5-13,16H,1,14-15,17-18H2,2-4H3. The van der Waals surface area contributed by atoms with Gasteiger partial charge in [-0.3, -0.25) is 13.9 Å². The van der Waals surface area contributed by atoms with Crippen LogP contribution < -0.4 is 30.2 Å². The van der Waals surface area contributed by atoms with E-state index in [2.05, 4.69) is 6.58 Å². The third kappa shape index (κ3) is 5.40. The third-order valence-corrected chi connectivity index (χ3v) is 6.38. The predicted octanol–water partition coefficient (Wildman–Crippen LogP) is 4.76. The summed E-state index contributed by atoms with van der Waals surface area (Å²) >= 11 is 5.88. The van der Waals surface area contributed by atoms with E-state index >= 15 is 0 Å². The fourth-order valence-corrected chi connectivity index (χ4v) is 4.30. The highest BCUT2D eigenvalue weighted by Gasteiger charge is 2.21. The van der Waals surface area contributed by atoms with E-state index in [0.717, 1.165) is 27.2 Å². The van der Waals surface area contributed by atoms with Gasteiger partial charge in [0.05, 0.1) is 25.1 Å². The summed E-state index contributed by atoms with van der Waals surface area (Å²) in [4.78, 5) is 26.4. The van der Waals surface area contributed by atoms with Crippen LogP contribution in [0.5, 0.6) is 23.0 Å².